The van der Waals surface area contributed by atoms with E-state index in [1.807, 2.05) is 37.4 Å². The molecule has 1 aliphatic heterocycles. The van der Waals surface area contributed by atoms with Gasteiger partial charge in [-0.3, -0.25) is 0 Å². The zero-order valence-electron chi connectivity index (χ0n) is 15.1. The normalized spacial score (nSPS) is 21.5. The predicted molar refractivity (Wildman–Crippen MR) is 103 cm³/mol. The van der Waals surface area contributed by atoms with Crippen molar-refractivity contribution >= 4 is 15.8 Å². The van der Waals surface area contributed by atoms with Gasteiger partial charge in [-0.15, -0.1) is 0 Å². The lowest BCUT2D eigenvalue weighted by atomic mass is 9.93. The standard InChI is InChI=1S/C20H25N3O2S/c1-15-7-10-18(11-8-15)26(24,25)23-13-3-6-19(23)16-9-12-20(21-14-16)22-17-4-2-5-17/h7-12,14,17,19H,2-6,13H2,1H3,(H,21,22)/t19-/m1/s1. The molecule has 5 nitrogen and oxygen atoms in total. The maximum atomic E-state index is 13.1. The van der Waals surface area contributed by atoms with Gasteiger partial charge in [-0.05, 0) is 62.8 Å². The van der Waals surface area contributed by atoms with Crippen molar-refractivity contribution in [1.29, 1.82) is 0 Å². The molecule has 1 aromatic heterocycles. The topological polar surface area (TPSA) is 62.3 Å². The van der Waals surface area contributed by atoms with Crippen molar-refractivity contribution in [3.63, 3.8) is 0 Å². The van der Waals surface area contributed by atoms with E-state index in [-0.39, 0.29) is 6.04 Å². The minimum atomic E-state index is -3.49. The van der Waals surface area contributed by atoms with Gasteiger partial charge in [0.15, 0.2) is 0 Å². The maximum Gasteiger partial charge on any atom is 0.243 e. The van der Waals surface area contributed by atoms with Crippen LogP contribution >= 0.6 is 0 Å². The van der Waals surface area contributed by atoms with Crippen LogP contribution in [0.2, 0.25) is 0 Å². The first-order valence-electron chi connectivity index (χ1n) is 9.35. The number of anilines is 1. The van der Waals surface area contributed by atoms with E-state index in [2.05, 4.69) is 10.3 Å². The van der Waals surface area contributed by atoms with Gasteiger partial charge in [-0.25, -0.2) is 13.4 Å². The fourth-order valence-electron chi connectivity index (χ4n) is 3.66. The van der Waals surface area contributed by atoms with Crippen LogP contribution in [0.1, 0.15) is 49.3 Å². The lowest BCUT2D eigenvalue weighted by molar-refractivity contribution is 0.396. The molecule has 2 aliphatic rings. The highest BCUT2D eigenvalue weighted by Crippen LogP contribution is 2.36. The van der Waals surface area contributed by atoms with Crippen molar-refractivity contribution in [3.05, 3.63) is 53.7 Å². The van der Waals surface area contributed by atoms with Gasteiger partial charge in [0.25, 0.3) is 0 Å². The van der Waals surface area contributed by atoms with Crippen LogP contribution in [0.25, 0.3) is 0 Å². The quantitative estimate of drug-likeness (QED) is 0.866. The second-order valence-corrected chi connectivity index (χ2v) is 9.23. The van der Waals surface area contributed by atoms with Crippen molar-refractivity contribution in [2.45, 2.75) is 56.0 Å². The first-order chi connectivity index (χ1) is 12.5. The summed E-state index contributed by atoms with van der Waals surface area (Å²) in [6.45, 7) is 2.52. The van der Waals surface area contributed by atoms with Crippen molar-refractivity contribution in [2.24, 2.45) is 0 Å². The van der Waals surface area contributed by atoms with E-state index in [0.717, 1.165) is 29.8 Å². The molecule has 2 heterocycles. The third-order valence-corrected chi connectivity index (χ3v) is 7.38. The third-order valence-electron chi connectivity index (χ3n) is 5.46. The summed E-state index contributed by atoms with van der Waals surface area (Å²) in [5.74, 6) is 0.879. The predicted octanol–water partition coefficient (Wildman–Crippen LogP) is 3.88. The summed E-state index contributed by atoms with van der Waals surface area (Å²) in [6.07, 6.45) is 7.22. The van der Waals surface area contributed by atoms with Gasteiger partial charge >= 0.3 is 0 Å². The van der Waals surface area contributed by atoms with Crippen LogP contribution in [0.15, 0.2) is 47.5 Å². The van der Waals surface area contributed by atoms with Crippen LogP contribution in [-0.2, 0) is 10.0 Å². The van der Waals surface area contributed by atoms with E-state index < -0.39 is 10.0 Å². The van der Waals surface area contributed by atoms with Gasteiger partial charge in [0.1, 0.15) is 5.82 Å². The number of nitrogens with one attached hydrogen (secondary N) is 1. The summed E-state index contributed by atoms with van der Waals surface area (Å²) in [5.41, 5.74) is 2.03. The summed E-state index contributed by atoms with van der Waals surface area (Å²) >= 11 is 0. The highest BCUT2D eigenvalue weighted by Gasteiger charge is 2.36. The van der Waals surface area contributed by atoms with Crippen LogP contribution in [0.3, 0.4) is 0 Å². The van der Waals surface area contributed by atoms with Gasteiger partial charge in [0.2, 0.25) is 10.0 Å². The number of sulfonamides is 1. The Hall–Kier alpha value is -1.92. The molecule has 1 atom stereocenters. The Labute approximate surface area is 155 Å². The second kappa shape index (κ2) is 7.00. The molecule has 2 aromatic rings. The van der Waals surface area contributed by atoms with Gasteiger partial charge in [-0.1, -0.05) is 23.8 Å². The summed E-state index contributed by atoms with van der Waals surface area (Å²) in [7, 11) is -3.49. The Balaban J connectivity index is 1.55. The molecule has 1 saturated heterocycles. The number of aryl methyl sites for hydroxylation is 1. The Bertz CT molecular complexity index is 859. The molecule has 138 valence electrons. The monoisotopic (exact) mass is 371 g/mol. The van der Waals surface area contributed by atoms with Crippen molar-refractivity contribution in [2.75, 3.05) is 11.9 Å². The van der Waals surface area contributed by atoms with E-state index >= 15 is 0 Å². The fourth-order valence-corrected chi connectivity index (χ4v) is 5.34. The molecule has 0 spiro atoms. The second-order valence-electron chi connectivity index (χ2n) is 7.34. The number of benzene rings is 1. The summed E-state index contributed by atoms with van der Waals surface area (Å²) < 4.78 is 27.8. The summed E-state index contributed by atoms with van der Waals surface area (Å²) in [4.78, 5) is 4.88. The van der Waals surface area contributed by atoms with E-state index in [4.69, 9.17) is 0 Å². The molecule has 0 bridgehead atoms. The van der Waals surface area contributed by atoms with Gasteiger partial charge in [0, 0.05) is 18.8 Å². The van der Waals surface area contributed by atoms with E-state index in [1.54, 1.807) is 16.4 Å². The molecule has 0 radical (unpaired) electrons. The molecule has 1 saturated carbocycles. The molecule has 6 heteroatoms. The molecule has 1 N–H and O–H groups in total. The third kappa shape index (κ3) is 3.35. The number of pyridine rings is 1. The first-order valence-corrected chi connectivity index (χ1v) is 10.8. The van der Waals surface area contributed by atoms with E-state index in [9.17, 15) is 8.42 Å². The van der Waals surface area contributed by atoms with Gasteiger partial charge < -0.3 is 5.32 Å². The lowest BCUT2D eigenvalue weighted by Crippen LogP contribution is -2.31. The SMILES string of the molecule is Cc1ccc(S(=O)(=O)N2CCC[C@@H]2c2ccc(NC3CCC3)nc2)cc1. The maximum absolute atomic E-state index is 13.1. The highest BCUT2D eigenvalue weighted by molar-refractivity contribution is 7.89. The van der Waals surface area contributed by atoms with Crippen molar-refractivity contribution in [3.8, 4) is 0 Å². The van der Waals surface area contributed by atoms with Crippen molar-refractivity contribution in [1.82, 2.24) is 9.29 Å². The Morgan fingerprint density at radius 3 is 2.42 bits per heavy atom. The largest absolute Gasteiger partial charge is 0.367 e. The van der Waals surface area contributed by atoms with Crippen LogP contribution in [0.4, 0.5) is 5.82 Å². The first kappa shape index (κ1) is 17.5. The van der Waals surface area contributed by atoms with Crippen LogP contribution in [-0.4, -0.2) is 30.3 Å². The van der Waals surface area contributed by atoms with E-state index in [0.29, 0.717) is 17.5 Å². The molecule has 2 fully saturated rings. The molecular formula is C20H25N3O2S. The summed E-state index contributed by atoms with van der Waals surface area (Å²) in [5, 5.41) is 3.43. The van der Waals surface area contributed by atoms with Gasteiger partial charge in [-0.2, -0.15) is 4.31 Å². The smallest absolute Gasteiger partial charge is 0.243 e. The molecule has 26 heavy (non-hydrogen) atoms. The lowest BCUT2D eigenvalue weighted by Gasteiger charge is -2.27. The molecule has 0 amide bonds. The zero-order valence-corrected chi connectivity index (χ0v) is 15.9. The Morgan fingerprint density at radius 1 is 1.04 bits per heavy atom. The van der Waals surface area contributed by atoms with E-state index in [1.165, 1.54) is 19.3 Å². The molecular weight excluding hydrogens is 346 g/mol. The molecule has 4 rings (SSSR count). The average molecular weight is 372 g/mol. The minimum absolute atomic E-state index is 0.133. The number of hydrogen-bond acceptors (Lipinski definition) is 4. The number of rotatable bonds is 5. The number of aromatic nitrogens is 1. The molecule has 1 aromatic carbocycles. The Morgan fingerprint density at radius 2 is 1.81 bits per heavy atom. The fraction of sp³-hybridized carbons (Fsp3) is 0.450. The zero-order chi connectivity index (χ0) is 18.1. The van der Waals surface area contributed by atoms with Crippen LogP contribution in [0, 0.1) is 6.92 Å². The minimum Gasteiger partial charge on any atom is -0.367 e. The van der Waals surface area contributed by atoms with Gasteiger partial charge in [0.05, 0.1) is 10.9 Å². The molecule has 0 unspecified atom stereocenters. The summed E-state index contributed by atoms with van der Waals surface area (Å²) in [6, 6.07) is 11.5. The number of hydrogen-bond donors (Lipinski definition) is 1. The average Bonchev–Trinajstić information content (AvgIpc) is 3.10. The van der Waals surface area contributed by atoms with Crippen LogP contribution in [0.5, 0.6) is 0 Å². The van der Waals surface area contributed by atoms with Crippen LogP contribution < -0.4 is 5.32 Å². The highest BCUT2D eigenvalue weighted by atomic mass is 32.2. The van der Waals surface area contributed by atoms with Crippen molar-refractivity contribution < 1.29 is 8.42 Å². The Kier molecular flexibility index (Phi) is 4.71. The number of nitrogens with zero attached hydrogens (tertiary/aromatic N) is 2. The molecule has 1 aliphatic carbocycles.